The normalized spacial score (nSPS) is 10.8. The quantitative estimate of drug-likeness (QED) is 0.643. The zero-order chi connectivity index (χ0) is 13.1. The first-order chi connectivity index (χ1) is 8.86. The zero-order valence-corrected chi connectivity index (χ0v) is 12.9. The number of thioether (sulfide) groups is 2. The van der Waals surface area contributed by atoms with Crippen molar-refractivity contribution in [2.24, 2.45) is 0 Å². The van der Waals surface area contributed by atoms with Gasteiger partial charge >= 0.3 is 0 Å². The first kappa shape index (κ1) is 15.8. The molecule has 18 heavy (non-hydrogen) atoms. The van der Waals surface area contributed by atoms with Crippen LogP contribution in [0.15, 0.2) is 18.2 Å². The van der Waals surface area contributed by atoms with E-state index in [0.717, 1.165) is 49.1 Å². The summed E-state index contributed by atoms with van der Waals surface area (Å²) in [6.07, 6.45) is 4.25. The fourth-order valence-corrected chi connectivity index (χ4v) is 2.20. The van der Waals surface area contributed by atoms with Crippen LogP contribution in [0.25, 0.3) is 0 Å². The van der Waals surface area contributed by atoms with E-state index >= 15 is 0 Å². The van der Waals surface area contributed by atoms with Gasteiger partial charge in [0.25, 0.3) is 0 Å². The van der Waals surface area contributed by atoms with Crippen molar-refractivity contribution in [3.63, 3.8) is 0 Å². The Hall–Kier alpha value is -0.230. The van der Waals surface area contributed by atoms with Gasteiger partial charge in [-0.3, -0.25) is 4.98 Å². The van der Waals surface area contributed by atoms with Gasteiger partial charge < -0.3 is 10.6 Å². The van der Waals surface area contributed by atoms with Crippen molar-refractivity contribution in [2.75, 3.05) is 37.1 Å². The minimum absolute atomic E-state index is 0.860. The molecule has 0 unspecified atom stereocenters. The van der Waals surface area contributed by atoms with Crippen LogP contribution in [0.3, 0.4) is 0 Å². The lowest BCUT2D eigenvalue weighted by molar-refractivity contribution is 0.687. The van der Waals surface area contributed by atoms with Gasteiger partial charge in [0.15, 0.2) is 0 Å². The second kappa shape index (κ2) is 10.7. The van der Waals surface area contributed by atoms with Crippen molar-refractivity contribution in [2.45, 2.75) is 13.1 Å². The van der Waals surface area contributed by atoms with Gasteiger partial charge in [0.05, 0.1) is 11.4 Å². The van der Waals surface area contributed by atoms with Crippen LogP contribution in [0.2, 0.25) is 0 Å². The molecule has 102 valence electrons. The average Bonchev–Trinajstić information content (AvgIpc) is 2.40. The molecule has 2 N–H and O–H groups in total. The maximum atomic E-state index is 4.63. The summed E-state index contributed by atoms with van der Waals surface area (Å²) in [5.74, 6) is 2.30. The minimum atomic E-state index is 0.860. The van der Waals surface area contributed by atoms with Crippen molar-refractivity contribution >= 4 is 23.5 Å². The molecule has 0 amide bonds. The SMILES string of the molecule is CSCCNCc1cccc(CNCCSC)n1. The highest BCUT2D eigenvalue weighted by Gasteiger charge is 1.97. The van der Waals surface area contributed by atoms with E-state index in [1.54, 1.807) is 0 Å². The molecule has 0 saturated carbocycles. The fraction of sp³-hybridized carbons (Fsp3) is 0.615. The largest absolute Gasteiger partial charge is 0.310 e. The van der Waals surface area contributed by atoms with Gasteiger partial charge in [-0.25, -0.2) is 0 Å². The molecule has 0 aromatic carbocycles. The third-order valence-corrected chi connectivity index (χ3v) is 3.67. The van der Waals surface area contributed by atoms with E-state index in [0.29, 0.717) is 0 Å². The summed E-state index contributed by atoms with van der Waals surface area (Å²) in [5, 5.41) is 6.80. The van der Waals surface area contributed by atoms with Crippen LogP contribution in [0.4, 0.5) is 0 Å². The lowest BCUT2D eigenvalue weighted by atomic mass is 10.3. The van der Waals surface area contributed by atoms with Crippen LogP contribution in [0.5, 0.6) is 0 Å². The third kappa shape index (κ3) is 7.26. The Labute approximate surface area is 119 Å². The summed E-state index contributed by atoms with van der Waals surface area (Å²) in [6.45, 7) is 3.80. The summed E-state index contributed by atoms with van der Waals surface area (Å²) in [4.78, 5) is 4.63. The molecule has 0 aliphatic rings. The topological polar surface area (TPSA) is 37.0 Å². The molecule has 1 heterocycles. The molecule has 1 aromatic heterocycles. The summed E-state index contributed by atoms with van der Waals surface area (Å²) in [5.41, 5.74) is 2.25. The molecule has 0 aliphatic carbocycles. The lowest BCUT2D eigenvalue weighted by Gasteiger charge is -2.07. The van der Waals surface area contributed by atoms with Crippen LogP contribution >= 0.6 is 23.5 Å². The van der Waals surface area contributed by atoms with E-state index in [1.165, 1.54) is 0 Å². The summed E-state index contributed by atoms with van der Waals surface area (Å²) < 4.78 is 0. The van der Waals surface area contributed by atoms with Crippen LogP contribution in [0.1, 0.15) is 11.4 Å². The molecule has 0 spiro atoms. The molecule has 0 atom stereocenters. The Kier molecular flexibility index (Phi) is 9.38. The van der Waals surface area contributed by atoms with Gasteiger partial charge in [-0.1, -0.05) is 6.07 Å². The van der Waals surface area contributed by atoms with Crippen LogP contribution in [-0.2, 0) is 13.1 Å². The van der Waals surface area contributed by atoms with Crippen LogP contribution < -0.4 is 10.6 Å². The molecule has 0 aliphatic heterocycles. The predicted molar refractivity (Wildman–Crippen MR) is 84.4 cm³/mol. The summed E-state index contributed by atoms with van der Waals surface area (Å²) in [7, 11) is 0. The molecular formula is C13H23N3S2. The van der Waals surface area contributed by atoms with Gasteiger partial charge in [0, 0.05) is 37.7 Å². The van der Waals surface area contributed by atoms with Crippen molar-refractivity contribution in [3.05, 3.63) is 29.6 Å². The summed E-state index contributed by atoms with van der Waals surface area (Å²) in [6, 6.07) is 6.25. The van der Waals surface area contributed by atoms with E-state index in [1.807, 2.05) is 23.5 Å². The first-order valence-corrected chi connectivity index (χ1v) is 8.99. The maximum absolute atomic E-state index is 4.63. The molecule has 5 heteroatoms. The Balaban J connectivity index is 2.27. The average molecular weight is 285 g/mol. The van der Waals surface area contributed by atoms with Crippen LogP contribution in [-0.4, -0.2) is 42.1 Å². The highest BCUT2D eigenvalue weighted by atomic mass is 32.2. The zero-order valence-electron chi connectivity index (χ0n) is 11.2. The van der Waals surface area contributed by atoms with Crippen LogP contribution in [0, 0.1) is 0 Å². The third-order valence-electron chi connectivity index (χ3n) is 2.44. The van der Waals surface area contributed by atoms with Gasteiger partial charge in [-0.2, -0.15) is 23.5 Å². The molecule has 0 radical (unpaired) electrons. The Bertz CT molecular complexity index is 294. The summed E-state index contributed by atoms with van der Waals surface area (Å²) >= 11 is 3.72. The Morgan fingerprint density at radius 2 is 1.44 bits per heavy atom. The number of aromatic nitrogens is 1. The number of nitrogens with zero attached hydrogens (tertiary/aromatic N) is 1. The molecule has 3 nitrogen and oxygen atoms in total. The van der Waals surface area contributed by atoms with E-state index in [2.05, 4.69) is 46.3 Å². The first-order valence-electron chi connectivity index (χ1n) is 6.21. The second-order valence-corrected chi connectivity index (χ2v) is 5.93. The lowest BCUT2D eigenvalue weighted by Crippen LogP contribution is -2.19. The van der Waals surface area contributed by atoms with Gasteiger partial charge in [-0.15, -0.1) is 0 Å². The van der Waals surface area contributed by atoms with E-state index < -0.39 is 0 Å². The molecule has 0 fully saturated rings. The van der Waals surface area contributed by atoms with Crippen molar-refractivity contribution < 1.29 is 0 Å². The molecule has 0 saturated heterocycles. The van der Waals surface area contributed by atoms with E-state index in [9.17, 15) is 0 Å². The molecule has 1 aromatic rings. The standard InChI is InChI=1S/C13H23N3S2/c1-17-8-6-14-10-12-4-3-5-13(16-12)11-15-7-9-18-2/h3-5,14-15H,6-11H2,1-2H3. The smallest absolute Gasteiger partial charge is 0.0545 e. The number of nitrogens with one attached hydrogen (secondary N) is 2. The number of hydrogen-bond donors (Lipinski definition) is 2. The molecular weight excluding hydrogens is 262 g/mol. The highest BCUT2D eigenvalue weighted by Crippen LogP contribution is 2.00. The van der Waals surface area contributed by atoms with Crippen molar-refractivity contribution in [3.8, 4) is 0 Å². The number of pyridine rings is 1. The van der Waals surface area contributed by atoms with Crippen molar-refractivity contribution in [1.29, 1.82) is 0 Å². The van der Waals surface area contributed by atoms with Gasteiger partial charge in [-0.05, 0) is 24.6 Å². The number of rotatable bonds is 10. The van der Waals surface area contributed by atoms with Gasteiger partial charge in [0.2, 0.25) is 0 Å². The predicted octanol–water partition coefficient (Wildman–Crippen LogP) is 1.99. The second-order valence-electron chi connectivity index (χ2n) is 3.96. The Morgan fingerprint density at radius 3 is 1.89 bits per heavy atom. The minimum Gasteiger partial charge on any atom is -0.310 e. The highest BCUT2D eigenvalue weighted by molar-refractivity contribution is 7.98. The Morgan fingerprint density at radius 1 is 0.944 bits per heavy atom. The van der Waals surface area contributed by atoms with Gasteiger partial charge in [0.1, 0.15) is 0 Å². The fourth-order valence-electron chi connectivity index (χ4n) is 1.51. The monoisotopic (exact) mass is 285 g/mol. The number of hydrogen-bond acceptors (Lipinski definition) is 5. The molecule has 0 bridgehead atoms. The van der Waals surface area contributed by atoms with E-state index in [4.69, 9.17) is 0 Å². The molecule has 1 rings (SSSR count). The maximum Gasteiger partial charge on any atom is 0.0545 e. The van der Waals surface area contributed by atoms with Crippen molar-refractivity contribution in [1.82, 2.24) is 15.6 Å². The van der Waals surface area contributed by atoms with E-state index in [-0.39, 0.29) is 0 Å².